The monoisotopic (exact) mass is 271 g/mol. The van der Waals surface area contributed by atoms with Crippen LogP contribution in [0.2, 0.25) is 0 Å². The fourth-order valence-electron chi connectivity index (χ4n) is 2.56. The van der Waals surface area contributed by atoms with Gasteiger partial charge in [-0.3, -0.25) is 4.90 Å². The Kier molecular flexibility index (Phi) is 4.04. The van der Waals surface area contributed by atoms with Crippen molar-refractivity contribution in [1.82, 2.24) is 4.90 Å². The Morgan fingerprint density at radius 3 is 2.60 bits per heavy atom. The van der Waals surface area contributed by atoms with Crippen LogP contribution in [0.4, 0.5) is 5.69 Å². The lowest BCUT2D eigenvalue weighted by Gasteiger charge is -2.35. The van der Waals surface area contributed by atoms with Crippen molar-refractivity contribution < 1.29 is 9.52 Å². The first kappa shape index (κ1) is 13.2. The molecule has 0 atom stereocenters. The number of rotatable bonds is 4. The van der Waals surface area contributed by atoms with Gasteiger partial charge >= 0.3 is 0 Å². The summed E-state index contributed by atoms with van der Waals surface area (Å²) >= 11 is 0. The van der Waals surface area contributed by atoms with Crippen molar-refractivity contribution in [2.75, 3.05) is 44.2 Å². The molecule has 1 aromatic carbocycles. The van der Waals surface area contributed by atoms with Gasteiger partial charge in [-0.05, 0) is 30.3 Å². The average Bonchev–Trinajstić information content (AvgIpc) is 3.03. The normalized spacial score (nSPS) is 16.6. The fourth-order valence-corrected chi connectivity index (χ4v) is 2.56. The van der Waals surface area contributed by atoms with E-state index >= 15 is 0 Å². The lowest BCUT2D eigenvalue weighted by molar-refractivity contribution is 0.189. The van der Waals surface area contributed by atoms with Gasteiger partial charge in [-0.15, -0.1) is 0 Å². The van der Waals surface area contributed by atoms with Crippen molar-refractivity contribution in [3.05, 3.63) is 42.7 Å². The first-order valence-electron chi connectivity index (χ1n) is 7.00. The van der Waals surface area contributed by atoms with Gasteiger partial charge in [-0.2, -0.15) is 0 Å². The Morgan fingerprint density at radius 1 is 1.15 bits per heavy atom. The van der Waals surface area contributed by atoms with Crippen LogP contribution < -0.4 is 4.90 Å². The molecule has 105 valence electrons. The van der Waals surface area contributed by atoms with Crippen LogP contribution in [0.1, 0.15) is 0 Å². The lowest BCUT2D eigenvalue weighted by Crippen LogP contribution is -2.47. The summed E-state index contributed by atoms with van der Waals surface area (Å²) in [6, 6.07) is 13.3. The van der Waals surface area contributed by atoms with Crippen LogP contribution in [0.5, 0.6) is 0 Å². The molecule has 20 heavy (non-hydrogen) atoms. The number of furan rings is 1. The molecule has 1 radical (unpaired) electrons. The quantitative estimate of drug-likeness (QED) is 0.921. The molecule has 1 aliphatic heterocycles. The highest BCUT2D eigenvalue weighted by Gasteiger charge is 2.16. The number of β-amino-alcohol motifs (C(OH)–C–C–N with tert-alkyl or cyclic N) is 1. The van der Waals surface area contributed by atoms with E-state index < -0.39 is 0 Å². The van der Waals surface area contributed by atoms with Crippen molar-refractivity contribution in [3.8, 4) is 11.3 Å². The first-order valence-corrected chi connectivity index (χ1v) is 7.00. The molecule has 4 nitrogen and oxygen atoms in total. The summed E-state index contributed by atoms with van der Waals surface area (Å²) in [6.07, 6.45) is 1.68. The summed E-state index contributed by atoms with van der Waals surface area (Å²) in [6.45, 7) is 4.97. The number of anilines is 1. The molecule has 0 unspecified atom stereocenters. The minimum Gasteiger partial charge on any atom is -0.464 e. The van der Waals surface area contributed by atoms with E-state index in [2.05, 4.69) is 28.0 Å². The van der Waals surface area contributed by atoms with Crippen molar-refractivity contribution in [1.29, 1.82) is 0 Å². The molecular weight excluding hydrogens is 252 g/mol. The van der Waals surface area contributed by atoms with Gasteiger partial charge in [0.25, 0.3) is 0 Å². The second-order valence-corrected chi connectivity index (χ2v) is 4.99. The topological polar surface area (TPSA) is 39.9 Å². The van der Waals surface area contributed by atoms with E-state index in [1.165, 1.54) is 0 Å². The zero-order valence-corrected chi connectivity index (χ0v) is 11.5. The van der Waals surface area contributed by atoms with E-state index in [0.717, 1.165) is 49.7 Å². The number of aliphatic hydroxyl groups excluding tert-OH is 1. The number of nitrogens with zero attached hydrogens (tertiary/aromatic N) is 2. The van der Waals surface area contributed by atoms with Crippen LogP contribution in [0.15, 0.2) is 41.0 Å². The van der Waals surface area contributed by atoms with Crippen LogP contribution in [-0.4, -0.2) is 49.3 Å². The predicted octanol–water partition coefficient (Wildman–Crippen LogP) is 1.86. The Hall–Kier alpha value is -1.78. The summed E-state index contributed by atoms with van der Waals surface area (Å²) in [5, 5.41) is 8.95. The van der Waals surface area contributed by atoms with Gasteiger partial charge in [0, 0.05) is 50.0 Å². The molecule has 1 aromatic heterocycles. The largest absolute Gasteiger partial charge is 0.464 e. The molecule has 0 aliphatic carbocycles. The third-order valence-corrected chi connectivity index (χ3v) is 3.73. The maximum Gasteiger partial charge on any atom is 0.133 e. The van der Waals surface area contributed by atoms with E-state index in [9.17, 15) is 0 Å². The molecule has 1 N–H and O–H groups in total. The molecule has 2 aromatic rings. The molecule has 4 heteroatoms. The number of piperazine rings is 1. The van der Waals surface area contributed by atoms with E-state index in [4.69, 9.17) is 9.52 Å². The highest BCUT2D eigenvalue weighted by Crippen LogP contribution is 2.23. The van der Waals surface area contributed by atoms with E-state index in [1.54, 1.807) is 6.26 Å². The first-order chi connectivity index (χ1) is 9.86. The van der Waals surface area contributed by atoms with E-state index in [0.29, 0.717) is 0 Å². The summed E-state index contributed by atoms with van der Waals surface area (Å²) in [4.78, 5) is 4.62. The Bertz CT molecular complexity index is 514. The Labute approximate surface area is 119 Å². The summed E-state index contributed by atoms with van der Waals surface area (Å²) < 4.78 is 5.38. The fraction of sp³-hybridized carbons (Fsp3) is 0.375. The summed E-state index contributed by atoms with van der Waals surface area (Å²) in [5.41, 5.74) is 2.18. The SMILES string of the molecule is OCCN1CCN(c2[c]cc(-c3ccco3)cc2)CC1. The van der Waals surface area contributed by atoms with Crippen LogP contribution in [0, 0.1) is 6.07 Å². The number of hydrogen-bond acceptors (Lipinski definition) is 4. The molecular formula is C16H19N2O2. The zero-order chi connectivity index (χ0) is 13.8. The molecule has 0 spiro atoms. The van der Waals surface area contributed by atoms with Crippen molar-refractivity contribution in [2.24, 2.45) is 0 Å². The molecule has 0 amide bonds. The van der Waals surface area contributed by atoms with Gasteiger partial charge in [0.15, 0.2) is 0 Å². The van der Waals surface area contributed by atoms with E-state index in [-0.39, 0.29) is 6.61 Å². The Morgan fingerprint density at radius 2 is 2.00 bits per heavy atom. The molecule has 1 fully saturated rings. The third-order valence-electron chi connectivity index (χ3n) is 3.73. The second-order valence-electron chi connectivity index (χ2n) is 4.99. The van der Waals surface area contributed by atoms with Gasteiger partial charge in [-0.1, -0.05) is 0 Å². The summed E-state index contributed by atoms with van der Waals surface area (Å²) in [5.74, 6) is 0.876. The maximum atomic E-state index is 8.95. The van der Waals surface area contributed by atoms with Gasteiger partial charge < -0.3 is 14.4 Å². The molecule has 0 saturated carbocycles. The standard InChI is InChI=1S/C16H19N2O2/c19-12-11-17-7-9-18(10-8-17)15-5-3-14(4-6-15)16-2-1-13-20-16/h1-5,13,19H,7-12H2. The molecule has 1 saturated heterocycles. The van der Waals surface area contributed by atoms with E-state index in [1.807, 2.05) is 18.2 Å². The number of aliphatic hydroxyl groups is 1. The summed E-state index contributed by atoms with van der Waals surface area (Å²) in [7, 11) is 0. The van der Waals surface area contributed by atoms with Gasteiger partial charge in [0.05, 0.1) is 12.9 Å². The zero-order valence-electron chi connectivity index (χ0n) is 11.5. The van der Waals surface area contributed by atoms with Crippen LogP contribution in [-0.2, 0) is 0 Å². The Balaban J connectivity index is 1.64. The van der Waals surface area contributed by atoms with Crippen LogP contribution in [0.3, 0.4) is 0 Å². The second kappa shape index (κ2) is 6.11. The molecule has 3 rings (SSSR count). The van der Waals surface area contributed by atoms with Gasteiger partial charge in [-0.25, -0.2) is 0 Å². The highest BCUT2D eigenvalue weighted by atomic mass is 16.3. The van der Waals surface area contributed by atoms with Crippen LogP contribution >= 0.6 is 0 Å². The average molecular weight is 271 g/mol. The smallest absolute Gasteiger partial charge is 0.133 e. The van der Waals surface area contributed by atoms with Gasteiger partial charge in [0.2, 0.25) is 0 Å². The van der Waals surface area contributed by atoms with Crippen molar-refractivity contribution >= 4 is 5.69 Å². The van der Waals surface area contributed by atoms with Crippen molar-refractivity contribution in [3.63, 3.8) is 0 Å². The van der Waals surface area contributed by atoms with Crippen molar-refractivity contribution in [2.45, 2.75) is 0 Å². The third kappa shape index (κ3) is 2.86. The highest BCUT2D eigenvalue weighted by molar-refractivity contribution is 5.61. The molecule has 1 aliphatic rings. The number of hydrogen-bond donors (Lipinski definition) is 1. The molecule has 0 bridgehead atoms. The molecule has 2 heterocycles. The minimum absolute atomic E-state index is 0.240. The van der Waals surface area contributed by atoms with Gasteiger partial charge in [0.1, 0.15) is 5.76 Å². The predicted molar refractivity (Wildman–Crippen MR) is 78.7 cm³/mol. The maximum absolute atomic E-state index is 8.95. The van der Waals surface area contributed by atoms with Crippen LogP contribution in [0.25, 0.3) is 11.3 Å². The lowest BCUT2D eigenvalue weighted by atomic mass is 10.1. The minimum atomic E-state index is 0.240. The number of benzene rings is 1.